The molecule has 2 aromatic carbocycles. The van der Waals surface area contributed by atoms with Gasteiger partial charge in [0.2, 0.25) is 0 Å². The Morgan fingerprint density at radius 2 is 1.81 bits per heavy atom. The van der Waals surface area contributed by atoms with Crippen LogP contribution >= 0.6 is 0 Å². The van der Waals surface area contributed by atoms with E-state index in [0.717, 1.165) is 21.4 Å². The average molecular weight is 418 g/mol. The van der Waals surface area contributed by atoms with E-state index in [1.54, 1.807) is 23.0 Å². The lowest BCUT2D eigenvalue weighted by molar-refractivity contribution is -0.897. The first kappa shape index (κ1) is 20.9. The molecule has 4 aromatic rings. The van der Waals surface area contributed by atoms with E-state index in [1.165, 1.54) is 12.1 Å². The van der Waals surface area contributed by atoms with E-state index in [-0.39, 0.29) is 11.4 Å². The summed E-state index contributed by atoms with van der Waals surface area (Å²) in [5.74, 6) is -0.378. The van der Waals surface area contributed by atoms with Gasteiger partial charge in [0.05, 0.1) is 24.7 Å². The molecule has 0 spiro atoms. The zero-order valence-corrected chi connectivity index (χ0v) is 17.3. The molecule has 0 amide bonds. The summed E-state index contributed by atoms with van der Waals surface area (Å²) in [4.78, 5) is 18.4. The highest BCUT2D eigenvalue weighted by Crippen LogP contribution is 2.17. The maximum Gasteiger partial charge on any atom is 0.260 e. The average Bonchev–Trinajstić information content (AvgIpc) is 2.78. The Morgan fingerprint density at radius 3 is 2.55 bits per heavy atom. The van der Waals surface area contributed by atoms with Crippen molar-refractivity contribution < 1.29 is 14.4 Å². The van der Waals surface area contributed by atoms with Gasteiger partial charge in [-0.1, -0.05) is 30.3 Å². The van der Waals surface area contributed by atoms with Gasteiger partial charge in [0.1, 0.15) is 25.0 Å². The van der Waals surface area contributed by atoms with Crippen molar-refractivity contribution in [2.24, 2.45) is 0 Å². The number of nitrogens with zero attached hydrogens (tertiary/aromatic N) is 2. The van der Waals surface area contributed by atoms with Gasteiger partial charge in [0.15, 0.2) is 0 Å². The number of hydrogen-bond acceptors (Lipinski definition) is 3. The summed E-state index contributed by atoms with van der Waals surface area (Å²) >= 11 is 0. The molecule has 2 N–H and O–H groups in total. The highest BCUT2D eigenvalue weighted by molar-refractivity contribution is 5.79. The number of aromatic nitrogens is 2. The molecule has 31 heavy (non-hydrogen) atoms. The largest absolute Gasteiger partial charge is 0.382 e. The molecule has 0 aliphatic heterocycles. The molecule has 4 rings (SSSR count). The molecular weight excluding hydrogens is 393 g/mol. The fourth-order valence-corrected chi connectivity index (χ4v) is 3.88. The van der Waals surface area contributed by atoms with Crippen molar-refractivity contribution in [3.05, 3.63) is 112 Å². The number of fused-ring (bicyclic) bond motifs is 1. The van der Waals surface area contributed by atoms with Crippen molar-refractivity contribution in [3.8, 4) is 0 Å². The van der Waals surface area contributed by atoms with Crippen molar-refractivity contribution in [3.63, 3.8) is 0 Å². The lowest BCUT2D eigenvalue weighted by Gasteiger charge is -2.19. The molecule has 0 fully saturated rings. The summed E-state index contributed by atoms with van der Waals surface area (Å²) in [6.07, 6.45) is 2.74. The van der Waals surface area contributed by atoms with Crippen LogP contribution in [0.4, 0.5) is 4.39 Å². The van der Waals surface area contributed by atoms with Crippen LogP contribution in [0, 0.1) is 5.82 Å². The lowest BCUT2D eigenvalue weighted by Crippen LogP contribution is -3.08. The molecule has 2 aromatic heterocycles. The van der Waals surface area contributed by atoms with E-state index in [2.05, 4.69) is 4.98 Å². The highest BCUT2D eigenvalue weighted by atomic mass is 19.1. The van der Waals surface area contributed by atoms with Crippen molar-refractivity contribution in [2.45, 2.75) is 19.2 Å². The second kappa shape index (κ2) is 9.20. The second-order valence-electron chi connectivity index (χ2n) is 7.88. The quantitative estimate of drug-likeness (QED) is 0.484. The van der Waals surface area contributed by atoms with Crippen LogP contribution in [0.15, 0.2) is 83.9 Å². The number of nitrogens with one attached hydrogen (secondary N) is 1. The summed E-state index contributed by atoms with van der Waals surface area (Å²) in [6.45, 7) is 1.25. The number of aliphatic hydroxyl groups excluding tert-OH is 1. The summed E-state index contributed by atoms with van der Waals surface area (Å²) < 4.78 is 15.6. The van der Waals surface area contributed by atoms with Gasteiger partial charge in [-0.05, 0) is 52.9 Å². The van der Waals surface area contributed by atoms with E-state index in [0.29, 0.717) is 30.7 Å². The molecule has 0 bridgehead atoms. The van der Waals surface area contributed by atoms with Crippen molar-refractivity contribution >= 4 is 10.9 Å². The normalized spacial score (nSPS) is 13.3. The van der Waals surface area contributed by atoms with Gasteiger partial charge in [0.25, 0.3) is 5.56 Å². The Labute approximate surface area is 180 Å². The summed E-state index contributed by atoms with van der Waals surface area (Å²) in [6, 6.07) is 19.5. The molecule has 158 valence electrons. The predicted octanol–water partition coefficient (Wildman–Crippen LogP) is 2.33. The van der Waals surface area contributed by atoms with Gasteiger partial charge in [-0.25, -0.2) is 4.39 Å². The first-order valence-electron chi connectivity index (χ1n) is 10.3. The standard InChI is InChI=1S/C25H24FN3O2/c1-28(17-24(30)19-5-3-2-4-6-19)16-21-13-20-7-8-22(26)14-23(20)29(25(21)31)15-18-9-11-27-12-10-18/h2-14,24,30H,15-17H2,1H3/p+1. The Hall–Kier alpha value is -3.35. The number of benzene rings is 2. The van der Waals surface area contributed by atoms with E-state index >= 15 is 0 Å². The predicted molar refractivity (Wildman–Crippen MR) is 118 cm³/mol. The van der Waals surface area contributed by atoms with Crippen molar-refractivity contribution in [2.75, 3.05) is 13.6 Å². The van der Waals surface area contributed by atoms with Gasteiger partial charge in [-0.2, -0.15) is 0 Å². The molecule has 6 heteroatoms. The third kappa shape index (κ3) is 4.87. The monoisotopic (exact) mass is 418 g/mol. The third-order valence-electron chi connectivity index (χ3n) is 5.44. The number of aliphatic hydroxyl groups is 1. The minimum absolute atomic E-state index is 0.150. The molecule has 0 radical (unpaired) electrons. The first-order chi connectivity index (χ1) is 15.0. The van der Waals surface area contributed by atoms with Crippen LogP contribution in [0.25, 0.3) is 10.9 Å². The molecule has 5 nitrogen and oxygen atoms in total. The van der Waals surface area contributed by atoms with Crippen LogP contribution in [0.1, 0.15) is 22.8 Å². The van der Waals surface area contributed by atoms with Crippen molar-refractivity contribution in [1.82, 2.24) is 9.55 Å². The number of quaternary nitrogens is 1. The molecular formula is C25H25FN3O2+. The summed E-state index contributed by atoms with van der Waals surface area (Å²) in [7, 11) is 1.95. The topological polar surface area (TPSA) is 59.6 Å². The molecule has 2 atom stereocenters. The van der Waals surface area contributed by atoms with Gasteiger partial charge in [-0.15, -0.1) is 0 Å². The third-order valence-corrected chi connectivity index (χ3v) is 5.44. The Morgan fingerprint density at radius 1 is 1.06 bits per heavy atom. The van der Waals surface area contributed by atoms with E-state index in [9.17, 15) is 14.3 Å². The molecule has 0 saturated carbocycles. The molecule has 2 heterocycles. The SMILES string of the molecule is C[NH+](Cc1cc2ccc(F)cc2n(Cc2ccncc2)c1=O)CC(O)c1ccccc1. The maximum absolute atomic E-state index is 13.9. The second-order valence-corrected chi connectivity index (χ2v) is 7.88. The van der Waals surface area contributed by atoms with Crippen molar-refractivity contribution in [1.29, 1.82) is 0 Å². The zero-order valence-electron chi connectivity index (χ0n) is 17.3. The van der Waals surface area contributed by atoms with Crippen LogP contribution in [0.2, 0.25) is 0 Å². The number of likely N-dealkylation sites (N-methyl/N-ethyl adjacent to an activating group) is 1. The number of rotatable bonds is 7. The minimum Gasteiger partial charge on any atom is -0.382 e. The summed E-state index contributed by atoms with van der Waals surface area (Å²) in [5.41, 5.74) is 2.81. The minimum atomic E-state index is -0.616. The van der Waals surface area contributed by atoms with Crippen LogP contribution in [-0.4, -0.2) is 28.3 Å². The fraction of sp³-hybridized carbons (Fsp3) is 0.200. The Kier molecular flexibility index (Phi) is 6.21. The molecule has 0 saturated heterocycles. The highest BCUT2D eigenvalue weighted by Gasteiger charge is 2.17. The molecule has 0 aliphatic carbocycles. The van der Waals surface area contributed by atoms with Gasteiger partial charge < -0.3 is 14.6 Å². The fourth-order valence-electron chi connectivity index (χ4n) is 3.88. The Balaban J connectivity index is 1.65. The molecule has 2 unspecified atom stereocenters. The van der Waals surface area contributed by atoms with Crippen LogP contribution in [-0.2, 0) is 13.1 Å². The zero-order chi connectivity index (χ0) is 21.8. The van der Waals surface area contributed by atoms with Gasteiger partial charge >= 0.3 is 0 Å². The first-order valence-corrected chi connectivity index (χ1v) is 10.3. The van der Waals surface area contributed by atoms with E-state index < -0.39 is 6.10 Å². The number of pyridine rings is 2. The summed E-state index contributed by atoms with van der Waals surface area (Å²) in [5, 5.41) is 11.3. The molecule has 0 aliphatic rings. The number of hydrogen-bond donors (Lipinski definition) is 2. The van der Waals surface area contributed by atoms with Crippen LogP contribution in [0.5, 0.6) is 0 Å². The smallest absolute Gasteiger partial charge is 0.260 e. The Bertz CT molecular complexity index is 1230. The maximum atomic E-state index is 13.9. The van der Waals surface area contributed by atoms with Gasteiger partial charge in [-0.3, -0.25) is 9.78 Å². The number of halogens is 1. The lowest BCUT2D eigenvalue weighted by atomic mass is 10.1. The van der Waals surface area contributed by atoms with Gasteiger partial charge in [0, 0.05) is 12.4 Å². The van der Waals surface area contributed by atoms with E-state index in [1.807, 2.05) is 55.6 Å². The van der Waals surface area contributed by atoms with E-state index in [4.69, 9.17) is 0 Å². The van der Waals surface area contributed by atoms with Crippen LogP contribution in [0.3, 0.4) is 0 Å². The van der Waals surface area contributed by atoms with Crippen LogP contribution < -0.4 is 10.5 Å².